The van der Waals surface area contributed by atoms with Crippen LogP contribution in [0.4, 0.5) is 4.39 Å². The highest BCUT2D eigenvalue weighted by molar-refractivity contribution is 8.10. The number of ketones is 1. The van der Waals surface area contributed by atoms with E-state index in [2.05, 4.69) is 0 Å². The Morgan fingerprint density at radius 2 is 1.08 bits per heavy atom. The van der Waals surface area contributed by atoms with Crippen LogP contribution in [-0.2, 0) is 19.7 Å². The zero-order chi connectivity index (χ0) is 26.7. The molecule has 0 spiro atoms. The van der Waals surface area contributed by atoms with Gasteiger partial charge in [0.05, 0.1) is 15.7 Å². The lowest BCUT2D eigenvalue weighted by molar-refractivity contribution is 0.0960. The molecule has 37 heavy (non-hydrogen) atoms. The first-order valence-electron chi connectivity index (χ1n) is 11.2. The molecule has 4 rings (SSSR count). The lowest BCUT2D eigenvalue weighted by atomic mass is 9.92. The van der Waals surface area contributed by atoms with Crippen molar-refractivity contribution in [2.24, 2.45) is 0 Å². The third-order valence-electron chi connectivity index (χ3n) is 6.02. The van der Waals surface area contributed by atoms with E-state index in [1.165, 1.54) is 66.7 Å². The van der Waals surface area contributed by atoms with Crippen LogP contribution in [0.2, 0.25) is 5.02 Å². The van der Waals surface area contributed by atoms with E-state index in [-0.39, 0.29) is 16.1 Å². The summed E-state index contributed by atoms with van der Waals surface area (Å²) in [6, 6.07) is 26.6. The number of sulfone groups is 2. The average Bonchev–Trinajstić information content (AvgIpc) is 2.93. The van der Waals surface area contributed by atoms with Crippen LogP contribution in [-0.4, -0.2) is 27.0 Å². The zero-order valence-electron chi connectivity index (χ0n) is 19.4. The number of hydrogen-bond acceptors (Lipinski definition) is 5. The molecule has 4 aromatic rings. The van der Waals surface area contributed by atoms with Crippen molar-refractivity contribution in [2.45, 2.75) is 26.5 Å². The van der Waals surface area contributed by atoms with Crippen LogP contribution < -0.4 is 0 Å². The summed E-state index contributed by atoms with van der Waals surface area (Å²) in [7, 11) is -10.5. The Labute approximate surface area is 220 Å². The highest BCUT2D eigenvalue weighted by Crippen LogP contribution is 2.50. The van der Waals surface area contributed by atoms with Gasteiger partial charge in [-0.2, -0.15) is 0 Å². The zero-order valence-corrected chi connectivity index (χ0v) is 21.8. The molecule has 4 aromatic carbocycles. The normalized spacial score (nSPS) is 13.1. The number of carbonyl (C=O) groups is 1. The third-order valence-corrected chi connectivity index (χ3v) is 11.5. The molecule has 0 radical (unpaired) electrons. The number of halogens is 2. The van der Waals surface area contributed by atoms with Gasteiger partial charge in [-0.3, -0.25) is 4.79 Å². The Bertz CT molecular complexity index is 1540. The van der Waals surface area contributed by atoms with Gasteiger partial charge in [-0.15, -0.1) is 0 Å². The second-order valence-corrected chi connectivity index (χ2v) is 13.1. The summed E-state index contributed by atoms with van der Waals surface area (Å²) >= 11 is 6.38. The smallest absolute Gasteiger partial charge is 0.294 e. The fraction of sp³-hybridized carbons (Fsp3) is 0.107. The summed E-state index contributed by atoms with van der Waals surface area (Å²) in [6.45, 7) is 0. The number of rotatable bonds is 9. The lowest BCUT2D eigenvalue weighted by Crippen LogP contribution is -2.48. The summed E-state index contributed by atoms with van der Waals surface area (Å²) in [5.41, 5.74) is 0.0612. The molecule has 0 aromatic heterocycles. The molecule has 0 aliphatic carbocycles. The van der Waals surface area contributed by atoms with Crippen molar-refractivity contribution in [3.8, 4) is 0 Å². The molecule has 1 atom stereocenters. The standard InChI is InChI=1S/C28H22ClFO5S2/c29-26-19-11-10-18-24(26)25(20-27(31)21-12-4-1-5-13-21)28(30,36(32,33)22-14-6-2-7-15-22)37(34,35)23-16-8-3-9-17-23/h1-19,25H,20H2. The SMILES string of the molecule is O=C(CC(c1ccccc1Cl)C(F)(S(=O)(=O)c1ccccc1)S(=O)(=O)c1ccccc1)c1ccccc1. The lowest BCUT2D eigenvalue weighted by Gasteiger charge is -2.33. The number of alkyl halides is 1. The molecule has 0 saturated heterocycles. The Morgan fingerprint density at radius 3 is 1.54 bits per heavy atom. The molecule has 0 fully saturated rings. The van der Waals surface area contributed by atoms with E-state index in [1.807, 2.05) is 0 Å². The fourth-order valence-electron chi connectivity index (χ4n) is 4.14. The summed E-state index contributed by atoms with van der Waals surface area (Å²) in [6.07, 6.45) is -0.775. The van der Waals surface area contributed by atoms with E-state index < -0.39 is 51.9 Å². The van der Waals surface area contributed by atoms with E-state index in [0.29, 0.717) is 0 Å². The van der Waals surface area contributed by atoms with Crippen LogP contribution in [0.3, 0.4) is 0 Å². The van der Waals surface area contributed by atoms with Gasteiger partial charge in [-0.05, 0) is 35.9 Å². The maximum Gasteiger partial charge on any atom is 0.324 e. The first-order chi connectivity index (χ1) is 17.6. The maximum absolute atomic E-state index is 17.7. The molecule has 190 valence electrons. The predicted octanol–water partition coefficient (Wildman–Crippen LogP) is 6.27. The molecular weight excluding hydrogens is 535 g/mol. The van der Waals surface area contributed by atoms with Crippen LogP contribution in [0.25, 0.3) is 0 Å². The van der Waals surface area contributed by atoms with Gasteiger partial charge < -0.3 is 0 Å². The summed E-state index contributed by atoms with van der Waals surface area (Å²) in [5.74, 6) is -2.64. The van der Waals surface area contributed by atoms with Crippen molar-refractivity contribution >= 4 is 37.1 Å². The molecular formula is C28H22ClFO5S2. The fourth-order valence-corrected chi connectivity index (χ4v) is 8.99. The van der Waals surface area contributed by atoms with Gasteiger partial charge in [0, 0.05) is 17.0 Å². The van der Waals surface area contributed by atoms with Crippen molar-refractivity contribution < 1.29 is 26.0 Å². The first-order valence-corrected chi connectivity index (χ1v) is 14.6. The molecule has 0 bridgehead atoms. The van der Waals surface area contributed by atoms with Crippen molar-refractivity contribution in [1.82, 2.24) is 0 Å². The Balaban J connectivity index is 2.05. The van der Waals surface area contributed by atoms with Crippen molar-refractivity contribution in [2.75, 3.05) is 0 Å². The minimum absolute atomic E-state index is 0.0677. The van der Waals surface area contributed by atoms with Crippen LogP contribution in [0.5, 0.6) is 0 Å². The van der Waals surface area contributed by atoms with Gasteiger partial charge in [-0.25, -0.2) is 21.2 Å². The molecule has 5 nitrogen and oxygen atoms in total. The van der Waals surface area contributed by atoms with E-state index in [9.17, 15) is 21.6 Å². The minimum atomic E-state index is -5.26. The van der Waals surface area contributed by atoms with Gasteiger partial charge in [0.15, 0.2) is 5.78 Å². The summed E-state index contributed by atoms with van der Waals surface area (Å²) in [4.78, 5) is 12.2. The number of carbonyl (C=O) groups excluding carboxylic acids is 1. The van der Waals surface area contributed by atoms with Crippen LogP contribution in [0.1, 0.15) is 28.3 Å². The third kappa shape index (κ3) is 4.84. The van der Waals surface area contributed by atoms with Crippen molar-refractivity contribution in [3.05, 3.63) is 131 Å². The van der Waals surface area contributed by atoms with E-state index in [1.54, 1.807) is 24.3 Å². The second kappa shape index (κ2) is 10.6. The quantitative estimate of drug-likeness (QED) is 0.227. The van der Waals surface area contributed by atoms with Gasteiger partial charge in [0.1, 0.15) is 0 Å². The van der Waals surface area contributed by atoms with Crippen molar-refractivity contribution in [3.63, 3.8) is 0 Å². The number of Topliss-reactive ketones (excluding diaryl/α,β-unsaturated/α-hetero) is 1. The Kier molecular flexibility index (Phi) is 7.64. The first kappa shape index (κ1) is 26.7. The van der Waals surface area contributed by atoms with Gasteiger partial charge >= 0.3 is 4.33 Å². The molecule has 0 N–H and O–H groups in total. The topological polar surface area (TPSA) is 85.3 Å². The average molecular weight is 557 g/mol. The molecule has 0 amide bonds. The van der Waals surface area contributed by atoms with Gasteiger partial charge in [0.2, 0.25) is 19.7 Å². The van der Waals surface area contributed by atoms with Gasteiger partial charge in [-0.1, -0.05) is 96.5 Å². The molecule has 0 aliphatic rings. The van der Waals surface area contributed by atoms with E-state index in [4.69, 9.17) is 11.6 Å². The molecule has 0 saturated carbocycles. The van der Waals surface area contributed by atoms with Crippen LogP contribution in [0.15, 0.2) is 125 Å². The van der Waals surface area contributed by atoms with Crippen molar-refractivity contribution in [1.29, 1.82) is 0 Å². The second-order valence-electron chi connectivity index (χ2n) is 8.28. The Hall–Kier alpha value is -3.33. The highest BCUT2D eigenvalue weighted by atomic mass is 35.5. The molecule has 0 aliphatic heterocycles. The maximum atomic E-state index is 17.7. The Morgan fingerprint density at radius 1 is 0.676 bits per heavy atom. The van der Waals surface area contributed by atoms with E-state index in [0.717, 1.165) is 24.3 Å². The summed E-state index contributed by atoms with van der Waals surface area (Å²) < 4.78 is 69.8. The predicted molar refractivity (Wildman–Crippen MR) is 141 cm³/mol. The molecule has 1 unspecified atom stereocenters. The van der Waals surface area contributed by atoms with Crippen LogP contribution >= 0.6 is 11.6 Å². The highest BCUT2D eigenvalue weighted by Gasteiger charge is 2.63. The summed E-state index contributed by atoms with van der Waals surface area (Å²) in [5, 5.41) is -0.0677. The largest absolute Gasteiger partial charge is 0.324 e. The number of benzene rings is 4. The molecule has 0 heterocycles. The minimum Gasteiger partial charge on any atom is -0.294 e. The van der Waals surface area contributed by atoms with Gasteiger partial charge in [0.25, 0.3) is 0 Å². The molecule has 9 heteroatoms. The van der Waals surface area contributed by atoms with E-state index >= 15 is 4.39 Å². The number of hydrogen-bond donors (Lipinski definition) is 0. The monoisotopic (exact) mass is 556 g/mol. The van der Waals surface area contributed by atoms with Crippen LogP contribution in [0, 0.1) is 0 Å².